The zero-order chi connectivity index (χ0) is 15.4. The summed E-state index contributed by atoms with van der Waals surface area (Å²) < 4.78 is 62.3. The van der Waals surface area contributed by atoms with Gasteiger partial charge >= 0.3 is 6.18 Å². The highest BCUT2D eigenvalue weighted by Gasteiger charge is 2.31. The van der Waals surface area contributed by atoms with Gasteiger partial charge in [0.1, 0.15) is 0 Å². The summed E-state index contributed by atoms with van der Waals surface area (Å²) in [7, 11) is -3.94. The summed E-state index contributed by atoms with van der Waals surface area (Å²) in [5.74, 6) is 0. The number of benzene rings is 1. The molecule has 4 nitrogen and oxygen atoms in total. The molecule has 0 saturated heterocycles. The number of hydrogen-bond donors (Lipinski definition) is 2. The molecule has 8 heteroatoms. The van der Waals surface area contributed by atoms with E-state index in [0.717, 1.165) is 5.69 Å². The van der Waals surface area contributed by atoms with Crippen molar-refractivity contribution in [3.05, 3.63) is 24.3 Å². The maximum Gasteiger partial charge on any atom is 0.390 e. The maximum atomic E-state index is 12.2. The predicted molar refractivity (Wildman–Crippen MR) is 71.1 cm³/mol. The zero-order valence-corrected chi connectivity index (χ0v) is 12.0. The predicted octanol–water partition coefficient (Wildman–Crippen LogP) is 2.74. The largest absolute Gasteiger partial charge is 0.390 e. The molecule has 1 aromatic rings. The molecule has 114 valence electrons. The first-order chi connectivity index (χ1) is 9.14. The second-order valence-electron chi connectivity index (χ2n) is 4.40. The van der Waals surface area contributed by atoms with Crippen LogP contribution >= 0.6 is 0 Å². The summed E-state index contributed by atoms with van der Waals surface area (Å²) in [6.07, 6.45) is -5.61. The van der Waals surface area contributed by atoms with Gasteiger partial charge in [-0.1, -0.05) is 0 Å². The molecule has 0 aromatic heterocycles. The second-order valence-corrected chi connectivity index (χ2v) is 6.11. The molecule has 0 aliphatic rings. The number of anilines is 1. The minimum absolute atomic E-state index is 0.0619. The lowest BCUT2D eigenvalue weighted by Gasteiger charge is -2.16. The Balaban J connectivity index is 2.78. The topological polar surface area (TPSA) is 58.2 Å². The zero-order valence-electron chi connectivity index (χ0n) is 11.2. The van der Waals surface area contributed by atoms with Gasteiger partial charge in [-0.2, -0.15) is 13.2 Å². The van der Waals surface area contributed by atoms with Gasteiger partial charge in [0.05, 0.1) is 11.3 Å². The van der Waals surface area contributed by atoms with Gasteiger partial charge in [-0.25, -0.2) is 13.1 Å². The Morgan fingerprint density at radius 1 is 1.20 bits per heavy atom. The standard InChI is InChI=1S/C12H17F3N2O2S/c1-3-16-10-4-6-11(7-5-10)20(18,19)17-9(2)8-12(13,14)15/h4-7,9,16-17H,3,8H2,1-2H3. The molecule has 0 spiro atoms. The first-order valence-corrected chi connectivity index (χ1v) is 7.55. The summed E-state index contributed by atoms with van der Waals surface area (Å²) in [6.45, 7) is 3.76. The minimum Gasteiger partial charge on any atom is -0.385 e. The fraction of sp³-hybridized carbons (Fsp3) is 0.500. The van der Waals surface area contributed by atoms with Crippen molar-refractivity contribution < 1.29 is 21.6 Å². The highest BCUT2D eigenvalue weighted by Crippen LogP contribution is 2.22. The van der Waals surface area contributed by atoms with E-state index in [2.05, 4.69) is 5.32 Å². The second kappa shape index (κ2) is 6.45. The SMILES string of the molecule is CCNc1ccc(S(=O)(=O)NC(C)CC(F)(F)F)cc1. The number of halogens is 3. The molecule has 1 atom stereocenters. The van der Waals surface area contributed by atoms with Crippen molar-refractivity contribution >= 4 is 15.7 Å². The van der Waals surface area contributed by atoms with Crippen LogP contribution < -0.4 is 10.0 Å². The maximum absolute atomic E-state index is 12.2. The van der Waals surface area contributed by atoms with E-state index < -0.39 is 28.7 Å². The first kappa shape index (κ1) is 16.8. The van der Waals surface area contributed by atoms with Gasteiger partial charge < -0.3 is 5.32 Å². The first-order valence-electron chi connectivity index (χ1n) is 6.07. The van der Waals surface area contributed by atoms with Gasteiger partial charge in [0.15, 0.2) is 0 Å². The molecule has 0 amide bonds. The highest BCUT2D eigenvalue weighted by atomic mass is 32.2. The Kier molecular flexibility index (Phi) is 5.41. The van der Waals surface area contributed by atoms with Crippen LogP contribution in [0.25, 0.3) is 0 Å². The fourth-order valence-electron chi connectivity index (χ4n) is 1.68. The molecule has 0 aliphatic heterocycles. The number of alkyl halides is 3. The average molecular weight is 310 g/mol. The lowest BCUT2D eigenvalue weighted by Crippen LogP contribution is -2.35. The molecule has 0 radical (unpaired) electrons. The summed E-state index contributed by atoms with van der Waals surface area (Å²) >= 11 is 0. The number of nitrogens with one attached hydrogen (secondary N) is 2. The van der Waals surface area contributed by atoms with Crippen molar-refractivity contribution in [3.8, 4) is 0 Å². The van der Waals surface area contributed by atoms with Crippen molar-refractivity contribution in [2.24, 2.45) is 0 Å². The Morgan fingerprint density at radius 3 is 2.20 bits per heavy atom. The molecular formula is C12H17F3N2O2S. The van der Waals surface area contributed by atoms with Crippen LogP contribution in [0, 0.1) is 0 Å². The van der Waals surface area contributed by atoms with E-state index in [9.17, 15) is 21.6 Å². The Bertz CT molecular complexity index is 527. The van der Waals surface area contributed by atoms with E-state index in [1.165, 1.54) is 19.1 Å². The molecule has 20 heavy (non-hydrogen) atoms. The third-order valence-corrected chi connectivity index (χ3v) is 4.04. The Hall–Kier alpha value is -1.28. The van der Waals surface area contributed by atoms with Crippen molar-refractivity contribution in [2.45, 2.75) is 37.4 Å². The van der Waals surface area contributed by atoms with E-state index in [1.54, 1.807) is 12.1 Å². The van der Waals surface area contributed by atoms with Gasteiger partial charge in [-0.15, -0.1) is 0 Å². The quantitative estimate of drug-likeness (QED) is 0.849. The average Bonchev–Trinajstić information content (AvgIpc) is 2.26. The molecule has 1 unspecified atom stereocenters. The number of hydrogen-bond acceptors (Lipinski definition) is 3. The van der Waals surface area contributed by atoms with E-state index in [-0.39, 0.29) is 4.90 Å². The summed E-state index contributed by atoms with van der Waals surface area (Å²) in [5, 5.41) is 2.99. The third-order valence-electron chi connectivity index (χ3n) is 2.44. The van der Waals surface area contributed by atoms with Crippen LogP contribution in [0.3, 0.4) is 0 Å². The van der Waals surface area contributed by atoms with Crippen molar-refractivity contribution in [2.75, 3.05) is 11.9 Å². The highest BCUT2D eigenvalue weighted by molar-refractivity contribution is 7.89. The molecule has 0 saturated carbocycles. The van der Waals surface area contributed by atoms with Crippen molar-refractivity contribution in [3.63, 3.8) is 0 Å². The van der Waals surface area contributed by atoms with Crippen molar-refractivity contribution in [1.29, 1.82) is 0 Å². The van der Waals surface area contributed by atoms with E-state index >= 15 is 0 Å². The van der Waals surface area contributed by atoms with Gasteiger partial charge in [0.25, 0.3) is 0 Å². The third kappa shape index (κ3) is 5.38. The summed E-state index contributed by atoms with van der Waals surface area (Å²) in [5.41, 5.74) is 0.745. The number of rotatable bonds is 6. The van der Waals surface area contributed by atoms with Crippen LogP contribution in [-0.2, 0) is 10.0 Å². The van der Waals surface area contributed by atoms with Crippen molar-refractivity contribution in [1.82, 2.24) is 4.72 Å². The van der Waals surface area contributed by atoms with Gasteiger partial charge in [-0.3, -0.25) is 0 Å². The van der Waals surface area contributed by atoms with E-state index in [1.807, 2.05) is 11.6 Å². The van der Waals surface area contributed by atoms with E-state index in [4.69, 9.17) is 0 Å². The number of sulfonamides is 1. The minimum atomic E-state index is -4.41. The Morgan fingerprint density at radius 2 is 1.75 bits per heavy atom. The monoisotopic (exact) mass is 310 g/mol. The lowest BCUT2D eigenvalue weighted by atomic mass is 10.2. The van der Waals surface area contributed by atoms with Crippen LogP contribution in [0.1, 0.15) is 20.3 Å². The van der Waals surface area contributed by atoms with Gasteiger partial charge in [0.2, 0.25) is 10.0 Å². The van der Waals surface area contributed by atoms with Crippen LogP contribution in [0.15, 0.2) is 29.2 Å². The van der Waals surface area contributed by atoms with Crippen LogP contribution in [-0.4, -0.2) is 27.2 Å². The molecule has 0 fully saturated rings. The van der Waals surface area contributed by atoms with Crippen LogP contribution in [0.2, 0.25) is 0 Å². The van der Waals surface area contributed by atoms with Crippen LogP contribution in [0.5, 0.6) is 0 Å². The molecule has 0 aliphatic carbocycles. The summed E-state index contributed by atoms with van der Waals surface area (Å²) in [6, 6.07) is 4.61. The summed E-state index contributed by atoms with van der Waals surface area (Å²) in [4.78, 5) is -0.0619. The van der Waals surface area contributed by atoms with Crippen LogP contribution in [0.4, 0.5) is 18.9 Å². The molecule has 2 N–H and O–H groups in total. The normalized spacial score (nSPS) is 14.1. The molecule has 1 rings (SSSR count). The van der Waals surface area contributed by atoms with E-state index in [0.29, 0.717) is 6.54 Å². The van der Waals surface area contributed by atoms with Gasteiger partial charge in [0, 0.05) is 18.3 Å². The fourth-order valence-corrected chi connectivity index (χ4v) is 2.92. The molecular weight excluding hydrogens is 293 g/mol. The van der Waals surface area contributed by atoms with Gasteiger partial charge in [-0.05, 0) is 38.1 Å². The molecule has 0 bridgehead atoms. The smallest absolute Gasteiger partial charge is 0.385 e. The molecule has 1 aromatic carbocycles. The lowest BCUT2D eigenvalue weighted by molar-refractivity contribution is -0.137. The molecule has 0 heterocycles. The Labute approximate surface area is 116 Å².